The number of nitrogens with one attached hydrogen (secondary N) is 1. The van der Waals surface area contributed by atoms with Gasteiger partial charge in [-0.05, 0) is 79.3 Å². The van der Waals surface area contributed by atoms with Crippen molar-refractivity contribution in [1.82, 2.24) is 30.1 Å². The smallest absolute Gasteiger partial charge is 0.252 e. The van der Waals surface area contributed by atoms with Gasteiger partial charge < -0.3 is 9.40 Å². The first-order valence-corrected chi connectivity index (χ1v) is 11.5. The van der Waals surface area contributed by atoms with E-state index in [1.165, 1.54) is 0 Å². The summed E-state index contributed by atoms with van der Waals surface area (Å²) in [7, 11) is 0. The van der Waals surface area contributed by atoms with Gasteiger partial charge >= 0.3 is 0 Å². The van der Waals surface area contributed by atoms with Gasteiger partial charge in [0.25, 0.3) is 5.56 Å². The zero-order valence-corrected chi connectivity index (χ0v) is 20.0. The summed E-state index contributed by atoms with van der Waals surface area (Å²) in [4.78, 5) is 18.3. The molecule has 1 aromatic carbocycles. The Morgan fingerprint density at radius 2 is 2.00 bits per heavy atom. The van der Waals surface area contributed by atoms with E-state index in [1.54, 1.807) is 6.26 Å². The van der Waals surface area contributed by atoms with Crippen molar-refractivity contribution in [2.75, 3.05) is 0 Å². The molecule has 0 fully saturated rings. The summed E-state index contributed by atoms with van der Waals surface area (Å²) in [6, 6.07) is 11.8. The highest BCUT2D eigenvalue weighted by molar-refractivity contribution is 5.79. The number of hydrogen-bond donors (Lipinski definition) is 1. The Labute approximate surface area is 193 Å². The molecule has 33 heavy (non-hydrogen) atoms. The molecule has 4 aromatic rings. The third kappa shape index (κ3) is 4.75. The molecule has 3 heterocycles. The second-order valence-electron chi connectivity index (χ2n) is 9.24. The molecule has 0 saturated carbocycles. The Hall–Kier alpha value is -3.26. The van der Waals surface area contributed by atoms with Crippen LogP contribution in [0.5, 0.6) is 0 Å². The SMILES string of the molecule is CCC(c1nnnn1C(C)(C)CC)N(Cc1ccco1)Cc1cc2ccc(C)cc2[nH]c1=O. The van der Waals surface area contributed by atoms with Gasteiger partial charge in [0.1, 0.15) is 5.76 Å². The van der Waals surface area contributed by atoms with Crippen LogP contribution in [0, 0.1) is 6.92 Å². The normalized spacial score (nSPS) is 13.2. The van der Waals surface area contributed by atoms with Crippen LogP contribution in [0.3, 0.4) is 0 Å². The average Bonchev–Trinajstić information content (AvgIpc) is 3.47. The predicted octanol–water partition coefficient (Wildman–Crippen LogP) is 4.71. The molecule has 4 rings (SSSR count). The topological polar surface area (TPSA) is 92.8 Å². The minimum Gasteiger partial charge on any atom is -0.468 e. The van der Waals surface area contributed by atoms with E-state index >= 15 is 0 Å². The number of nitrogens with zero attached hydrogens (tertiary/aromatic N) is 5. The highest BCUT2D eigenvalue weighted by Gasteiger charge is 2.31. The first-order chi connectivity index (χ1) is 15.8. The number of aromatic nitrogens is 5. The molecular formula is C25H32N6O2. The standard InChI is InChI=1S/C25H32N6O2/c1-6-22(23-27-28-29-31(23)25(4,5)7-2)30(16-20-9-8-12-33-20)15-19-14-18-11-10-17(3)13-21(18)26-24(19)32/h8-14,22H,6-7,15-16H2,1-5H3,(H,26,32). The second kappa shape index (κ2) is 9.31. The summed E-state index contributed by atoms with van der Waals surface area (Å²) in [6.07, 6.45) is 3.35. The first-order valence-electron chi connectivity index (χ1n) is 11.5. The van der Waals surface area contributed by atoms with E-state index in [-0.39, 0.29) is 17.1 Å². The van der Waals surface area contributed by atoms with Crippen LogP contribution in [-0.4, -0.2) is 30.1 Å². The molecule has 0 aliphatic heterocycles. The fourth-order valence-electron chi connectivity index (χ4n) is 4.16. The number of furan rings is 1. The molecule has 0 bridgehead atoms. The molecule has 1 unspecified atom stereocenters. The molecule has 0 spiro atoms. The maximum atomic E-state index is 13.0. The van der Waals surface area contributed by atoms with E-state index in [0.29, 0.717) is 18.7 Å². The molecule has 174 valence electrons. The zero-order chi connectivity index (χ0) is 23.6. The first kappa shape index (κ1) is 22.9. The van der Waals surface area contributed by atoms with Crippen LogP contribution >= 0.6 is 0 Å². The maximum Gasteiger partial charge on any atom is 0.252 e. The van der Waals surface area contributed by atoms with Crippen LogP contribution in [0.25, 0.3) is 10.9 Å². The molecule has 8 nitrogen and oxygen atoms in total. The lowest BCUT2D eigenvalue weighted by Gasteiger charge is -2.32. The quantitative estimate of drug-likeness (QED) is 0.398. The van der Waals surface area contributed by atoms with Gasteiger partial charge in [-0.2, -0.15) is 0 Å². The van der Waals surface area contributed by atoms with Crippen molar-refractivity contribution in [2.45, 2.75) is 72.1 Å². The molecule has 0 aliphatic rings. The third-order valence-electron chi connectivity index (χ3n) is 6.45. The van der Waals surface area contributed by atoms with Crippen molar-refractivity contribution < 1.29 is 4.42 Å². The summed E-state index contributed by atoms with van der Waals surface area (Å²) < 4.78 is 7.58. The Morgan fingerprint density at radius 1 is 1.18 bits per heavy atom. The Kier molecular flexibility index (Phi) is 6.47. The number of aromatic amines is 1. The number of pyridine rings is 1. The zero-order valence-electron chi connectivity index (χ0n) is 20.0. The number of fused-ring (bicyclic) bond motifs is 1. The van der Waals surface area contributed by atoms with E-state index in [0.717, 1.165) is 40.9 Å². The van der Waals surface area contributed by atoms with Gasteiger partial charge in [0.05, 0.1) is 24.4 Å². The van der Waals surface area contributed by atoms with E-state index in [2.05, 4.69) is 59.2 Å². The van der Waals surface area contributed by atoms with Gasteiger partial charge in [-0.3, -0.25) is 9.69 Å². The van der Waals surface area contributed by atoms with Crippen molar-refractivity contribution in [3.63, 3.8) is 0 Å². The van der Waals surface area contributed by atoms with E-state index in [9.17, 15) is 4.79 Å². The highest BCUT2D eigenvalue weighted by Crippen LogP contribution is 2.30. The summed E-state index contributed by atoms with van der Waals surface area (Å²) >= 11 is 0. The number of benzene rings is 1. The highest BCUT2D eigenvalue weighted by atomic mass is 16.3. The van der Waals surface area contributed by atoms with Crippen LogP contribution in [-0.2, 0) is 18.6 Å². The summed E-state index contributed by atoms with van der Waals surface area (Å²) in [5.74, 6) is 1.62. The fraction of sp³-hybridized carbons (Fsp3) is 0.440. The molecule has 1 atom stereocenters. The molecule has 0 saturated heterocycles. The van der Waals surface area contributed by atoms with Gasteiger partial charge in [0, 0.05) is 17.6 Å². The molecule has 8 heteroatoms. The van der Waals surface area contributed by atoms with Crippen LogP contribution < -0.4 is 5.56 Å². The van der Waals surface area contributed by atoms with Gasteiger partial charge in [-0.1, -0.05) is 26.0 Å². The fourth-order valence-corrected chi connectivity index (χ4v) is 4.16. The summed E-state index contributed by atoms with van der Waals surface area (Å²) in [6.45, 7) is 11.5. The second-order valence-corrected chi connectivity index (χ2v) is 9.24. The predicted molar refractivity (Wildman–Crippen MR) is 128 cm³/mol. The Balaban J connectivity index is 1.75. The van der Waals surface area contributed by atoms with Crippen LogP contribution in [0.4, 0.5) is 0 Å². The summed E-state index contributed by atoms with van der Waals surface area (Å²) in [5.41, 5.74) is 2.36. The average molecular weight is 449 g/mol. The van der Waals surface area contributed by atoms with Crippen molar-refractivity contribution in [3.8, 4) is 0 Å². The van der Waals surface area contributed by atoms with E-state index in [1.807, 2.05) is 41.9 Å². The van der Waals surface area contributed by atoms with E-state index < -0.39 is 0 Å². The molecule has 0 amide bonds. The number of tetrazole rings is 1. The van der Waals surface area contributed by atoms with Crippen molar-refractivity contribution in [2.24, 2.45) is 0 Å². The lowest BCUT2D eigenvalue weighted by Crippen LogP contribution is -2.36. The Morgan fingerprint density at radius 3 is 2.70 bits per heavy atom. The van der Waals surface area contributed by atoms with Crippen molar-refractivity contribution >= 4 is 10.9 Å². The lowest BCUT2D eigenvalue weighted by molar-refractivity contribution is 0.140. The molecule has 0 radical (unpaired) electrons. The number of H-pyrrole nitrogens is 1. The van der Waals surface area contributed by atoms with Crippen LogP contribution in [0.15, 0.2) is 51.9 Å². The molecular weight excluding hydrogens is 416 g/mol. The minimum atomic E-state index is -0.221. The van der Waals surface area contributed by atoms with Crippen LogP contribution in [0.1, 0.15) is 69.3 Å². The molecule has 3 aromatic heterocycles. The third-order valence-corrected chi connectivity index (χ3v) is 6.45. The number of hydrogen-bond acceptors (Lipinski definition) is 6. The van der Waals surface area contributed by atoms with Gasteiger partial charge in [-0.15, -0.1) is 5.10 Å². The molecule has 1 N–H and O–H groups in total. The van der Waals surface area contributed by atoms with Crippen LogP contribution in [0.2, 0.25) is 0 Å². The van der Waals surface area contributed by atoms with Crippen molar-refractivity contribution in [1.29, 1.82) is 0 Å². The minimum absolute atomic E-state index is 0.0825. The number of aryl methyl sites for hydroxylation is 1. The van der Waals surface area contributed by atoms with Gasteiger partial charge in [0.2, 0.25) is 0 Å². The molecule has 0 aliphatic carbocycles. The summed E-state index contributed by atoms with van der Waals surface area (Å²) in [5, 5.41) is 13.8. The lowest BCUT2D eigenvalue weighted by atomic mass is 10.0. The van der Waals surface area contributed by atoms with Gasteiger partial charge in [-0.25, -0.2) is 4.68 Å². The van der Waals surface area contributed by atoms with Gasteiger partial charge in [0.15, 0.2) is 5.82 Å². The maximum absolute atomic E-state index is 13.0. The monoisotopic (exact) mass is 448 g/mol. The number of rotatable bonds is 9. The largest absolute Gasteiger partial charge is 0.468 e. The van der Waals surface area contributed by atoms with E-state index in [4.69, 9.17) is 4.42 Å². The Bertz CT molecular complexity index is 1270. The van der Waals surface area contributed by atoms with Crippen molar-refractivity contribution in [3.05, 3.63) is 75.7 Å².